The van der Waals surface area contributed by atoms with Crippen LogP contribution in [0.4, 0.5) is 0 Å². The van der Waals surface area contributed by atoms with E-state index in [1.807, 2.05) is 30.3 Å². The molecule has 2 N–H and O–H groups in total. The van der Waals surface area contributed by atoms with Gasteiger partial charge in [0.15, 0.2) is 11.5 Å². The van der Waals surface area contributed by atoms with Crippen molar-refractivity contribution in [1.29, 1.82) is 0 Å². The van der Waals surface area contributed by atoms with Crippen molar-refractivity contribution in [3.63, 3.8) is 0 Å². The lowest BCUT2D eigenvalue weighted by molar-refractivity contribution is -0.000387. The van der Waals surface area contributed by atoms with E-state index in [0.717, 1.165) is 18.4 Å². The molecule has 0 unspecified atom stereocenters. The molecule has 1 aliphatic heterocycles. The number of nitrogens with one attached hydrogen (secondary N) is 1. The van der Waals surface area contributed by atoms with Crippen LogP contribution < -0.4 is 4.74 Å². The van der Waals surface area contributed by atoms with Crippen LogP contribution in [0, 0.1) is 0 Å². The molecule has 1 aromatic heterocycles. The number of H-pyrrole nitrogens is 1. The minimum Gasteiger partial charge on any atom is -0.504 e. The van der Waals surface area contributed by atoms with Crippen molar-refractivity contribution in [1.82, 2.24) is 25.5 Å². The first-order valence-electron chi connectivity index (χ1n) is 9.75. The molecule has 0 aliphatic carbocycles. The number of phenols is 1. The monoisotopic (exact) mass is 409 g/mol. The Labute approximate surface area is 173 Å². The molecule has 4 rings (SSSR count). The number of nitrogens with zero attached hydrogens (tertiary/aromatic N) is 4. The van der Waals surface area contributed by atoms with Crippen LogP contribution in [0.25, 0.3) is 11.4 Å². The van der Waals surface area contributed by atoms with Gasteiger partial charge in [0.05, 0.1) is 25.4 Å². The molecule has 1 saturated heterocycles. The van der Waals surface area contributed by atoms with Crippen LogP contribution in [0.3, 0.4) is 0 Å². The van der Waals surface area contributed by atoms with Crippen molar-refractivity contribution < 1.29 is 19.4 Å². The fourth-order valence-corrected chi connectivity index (χ4v) is 3.59. The number of aromatic hydroxyl groups is 1. The second-order valence-corrected chi connectivity index (χ2v) is 7.10. The molecule has 2 heterocycles. The number of hydrogen-bond acceptors (Lipinski definition) is 7. The van der Waals surface area contributed by atoms with E-state index < -0.39 is 0 Å². The number of rotatable bonds is 6. The maximum atomic E-state index is 13.0. The van der Waals surface area contributed by atoms with E-state index in [4.69, 9.17) is 9.47 Å². The van der Waals surface area contributed by atoms with Gasteiger partial charge in [-0.1, -0.05) is 30.3 Å². The number of phenolic OH excluding ortho intramolecular Hbond substituents is 1. The highest BCUT2D eigenvalue weighted by atomic mass is 16.5. The minimum atomic E-state index is -0.167. The number of tetrazole rings is 1. The van der Waals surface area contributed by atoms with Crippen molar-refractivity contribution in [3.8, 4) is 22.9 Å². The molecule has 9 nitrogen and oxygen atoms in total. The van der Waals surface area contributed by atoms with Crippen LogP contribution in [0.2, 0.25) is 0 Å². The Hall–Kier alpha value is -3.46. The summed E-state index contributed by atoms with van der Waals surface area (Å²) in [5, 5.41) is 24.1. The maximum Gasteiger partial charge on any atom is 0.254 e. The second kappa shape index (κ2) is 8.91. The van der Waals surface area contributed by atoms with Gasteiger partial charge >= 0.3 is 0 Å². The summed E-state index contributed by atoms with van der Waals surface area (Å²) in [5.41, 5.74) is 1.88. The molecule has 30 heavy (non-hydrogen) atoms. The van der Waals surface area contributed by atoms with Crippen LogP contribution in [-0.2, 0) is 11.3 Å². The van der Waals surface area contributed by atoms with Gasteiger partial charge in [-0.15, -0.1) is 10.2 Å². The number of aromatic nitrogens is 4. The molecule has 1 aliphatic rings. The van der Waals surface area contributed by atoms with Crippen LogP contribution in [0.5, 0.6) is 11.5 Å². The van der Waals surface area contributed by atoms with Crippen molar-refractivity contribution >= 4 is 5.91 Å². The first-order chi connectivity index (χ1) is 14.7. The summed E-state index contributed by atoms with van der Waals surface area (Å²) in [7, 11) is 1.43. The molecule has 2 aromatic carbocycles. The minimum absolute atomic E-state index is 0.119. The molecule has 1 fully saturated rings. The fourth-order valence-electron chi connectivity index (χ4n) is 3.59. The summed E-state index contributed by atoms with van der Waals surface area (Å²) in [5.74, 6) is 0.120. The highest BCUT2D eigenvalue weighted by molar-refractivity contribution is 5.96. The maximum absolute atomic E-state index is 13.0. The summed E-state index contributed by atoms with van der Waals surface area (Å²) in [6, 6.07) is 13.1. The Morgan fingerprint density at radius 1 is 1.23 bits per heavy atom. The molecule has 0 bridgehead atoms. The predicted molar refractivity (Wildman–Crippen MR) is 108 cm³/mol. The SMILES string of the molecule is COc1c(O)cc(C(=O)N2CCC(OCc3ccccc3)CC2)cc1-c1nn[nH]n1. The average Bonchev–Trinajstić information content (AvgIpc) is 3.32. The summed E-state index contributed by atoms with van der Waals surface area (Å²) >= 11 is 0. The Morgan fingerprint density at radius 2 is 2.00 bits per heavy atom. The normalized spacial score (nSPS) is 14.6. The van der Waals surface area contributed by atoms with Crippen molar-refractivity contribution in [2.24, 2.45) is 0 Å². The zero-order chi connectivity index (χ0) is 20.9. The summed E-state index contributed by atoms with van der Waals surface area (Å²) in [6.45, 7) is 1.74. The summed E-state index contributed by atoms with van der Waals surface area (Å²) in [6.07, 6.45) is 1.64. The van der Waals surface area contributed by atoms with Gasteiger partial charge in [0, 0.05) is 18.7 Å². The van der Waals surface area contributed by atoms with E-state index in [9.17, 15) is 9.90 Å². The first kappa shape index (κ1) is 19.8. The third kappa shape index (κ3) is 4.25. The van der Waals surface area contributed by atoms with Crippen molar-refractivity contribution in [2.75, 3.05) is 20.2 Å². The van der Waals surface area contributed by atoms with Gasteiger partial charge in [-0.05, 0) is 35.8 Å². The molecule has 0 spiro atoms. The lowest BCUT2D eigenvalue weighted by atomic mass is 10.0. The quantitative estimate of drug-likeness (QED) is 0.643. The largest absolute Gasteiger partial charge is 0.504 e. The number of methoxy groups -OCH3 is 1. The average molecular weight is 409 g/mol. The number of carbonyl (C=O) groups excluding carboxylic acids is 1. The summed E-state index contributed by atoms with van der Waals surface area (Å²) in [4.78, 5) is 14.8. The zero-order valence-corrected chi connectivity index (χ0v) is 16.6. The van der Waals surface area contributed by atoms with Crippen LogP contribution in [0.1, 0.15) is 28.8 Å². The molecule has 0 atom stereocenters. The second-order valence-electron chi connectivity index (χ2n) is 7.10. The number of benzene rings is 2. The number of aromatic amines is 1. The number of amides is 1. The summed E-state index contributed by atoms with van der Waals surface area (Å²) < 4.78 is 11.2. The third-order valence-electron chi connectivity index (χ3n) is 5.16. The molecule has 3 aromatic rings. The molecular formula is C21H23N5O4. The topological polar surface area (TPSA) is 113 Å². The van der Waals surface area contributed by atoms with Gasteiger partial charge in [-0.2, -0.15) is 5.21 Å². The van der Waals surface area contributed by atoms with Crippen LogP contribution >= 0.6 is 0 Å². The Bertz CT molecular complexity index is 986. The lowest BCUT2D eigenvalue weighted by Gasteiger charge is -2.32. The van der Waals surface area contributed by atoms with Gasteiger partial charge in [-0.25, -0.2) is 0 Å². The van der Waals surface area contributed by atoms with Crippen LogP contribution in [0.15, 0.2) is 42.5 Å². The van der Waals surface area contributed by atoms with Gasteiger partial charge < -0.3 is 19.5 Å². The van der Waals surface area contributed by atoms with Crippen molar-refractivity contribution in [3.05, 3.63) is 53.6 Å². The molecule has 0 radical (unpaired) electrons. The van der Waals surface area contributed by atoms with Gasteiger partial charge in [0.25, 0.3) is 5.91 Å². The highest BCUT2D eigenvalue weighted by Gasteiger charge is 2.26. The van der Waals surface area contributed by atoms with E-state index in [2.05, 4.69) is 20.6 Å². The van der Waals surface area contributed by atoms with E-state index in [1.165, 1.54) is 13.2 Å². The van der Waals surface area contributed by atoms with Gasteiger partial charge in [0.2, 0.25) is 5.82 Å². The van der Waals surface area contributed by atoms with Crippen LogP contribution in [-0.4, -0.2) is 62.8 Å². The molecule has 0 saturated carbocycles. The number of carbonyl (C=O) groups is 1. The van der Waals surface area contributed by atoms with E-state index in [-0.39, 0.29) is 29.3 Å². The Morgan fingerprint density at radius 3 is 2.67 bits per heavy atom. The highest BCUT2D eigenvalue weighted by Crippen LogP contribution is 2.37. The molecular weight excluding hydrogens is 386 g/mol. The smallest absolute Gasteiger partial charge is 0.254 e. The third-order valence-corrected chi connectivity index (χ3v) is 5.16. The van der Waals surface area contributed by atoms with E-state index in [0.29, 0.717) is 30.8 Å². The standard InChI is InChI=1S/C21H23N5O4/c1-29-19-17(20-22-24-25-23-20)11-15(12-18(19)27)21(28)26-9-7-16(8-10-26)30-13-14-5-3-2-4-6-14/h2-6,11-12,16,27H,7-10,13H2,1H3,(H,22,23,24,25). The first-order valence-corrected chi connectivity index (χ1v) is 9.75. The fraction of sp³-hybridized carbons (Fsp3) is 0.333. The predicted octanol–water partition coefficient (Wildman–Crippen LogP) is 2.40. The number of likely N-dealkylation sites (tertiary alicyclic amines) is 1. The molecule has 9 heteroatoms. The van der Waals surface area contributed by atoms with Crippen molar-refractivity contribution in [2.45, 2.75) is 25.6 Å². The van der Waals surface area contributed by atoms with Gasteiger partial charge in [0.1, 0.15) is 0 Å². The number of ether oxygens (including phenoxy) is 2. The number of piperidine rings is 1. The molecule has 1 amide bonds. The lowest BCUT2D eigenvalue weighted by Crippen LogP contribution is -2.40. The zero-order valence-electron chi connectivity index (χ0n) is 16.6. The van der Waals surface area contributed by atoms with E-state index in [1.54, 1.807) is 11.0 Å². The van der Waals surface area contributed by atoms with Gasteiger partial charge in [-0.3, -0.25) is 4.79 Å². The Balaban J connectivity index is 1.42. The Kier molecular flexibility index (Phi) is 5.89. The molecule has 156 valence electrons. The number of hydrogen-bond donors (Lipinski definition) is 2. The van der Waals surface area contributed by atoms with E-state index >= 15 is 0 Å².